The Labute approximate surface area is 76.2 Å². The van der Waals surface area contributed by atoms with Crippen molar-refractivity contribution >= 4 is 0 Å². The smallest absolute Gasteiger partial charge is 0.0662 e. The van der Waals surface area contributed by atoms with Crippen molar-refractivity contribution in [2.24, 2.45) is 5.73 Å². The average Bonchev–Trinajstić information content (AvgIpc) is 2.10. The summed E-state index contributed by atoms with van der Waals surface area (Å²) in [5, 5.41) is 9.14. The normalized spacial score (nSPS) is 13.2. The number of rotatable bonds is 8. The van der Waals surface area contributed by atoms with Gasteiger partial charge in [-0.15, -0.1) is 0 Å². The monoisotopic (exact) mass is 173 g/mol. The van der Waals surface area contributed by atoms with Crippen molar-refractivity contribution in [2.45, 2.75) is 58.0 Å². The van der Waals surface area contributed by atoms with Gasteiger partial charge in [-0.3, -0.25) is 0 Å². The van der Waals surface area contributed by atoms with Gasteiger partial charge in [-0.05, 0) is 6.42 Å². The van der Waals surface area contributed by atoms with Crippen LogP contribution in [0.15, 0.2) is 0 Å². The highest BCUT2D eigenvalue weighted by molar-refractivity contribution is 4.55. The Hall–Kier alpha value is -0.0800. The molecule has 0 radical (unpaired) electrons. The second kappa shape index (κ2) is 9.01. The third-order valence-electron chi connectivity index (χ3n) is 2.16. The fourth-order valence-corrected chi connectivity index (χ4v) is 1.28. The Morgan fingerprint density at radius 3 is 2.25 bits per heavy atom. The third-order valence-corrected chi connectivity index (χ3v) is 2.16. The average molecular weight is 173 g/mol. The van der Waals surface area contributed by atoms with Gasteiger partial charge < -0.3 is 10.8 Å². The van der Waals surface area contributed by atoms with Gasteiger partial charge in [0.1, 0.15) is 0 Å². The van der Waals surface area contributed by atoms with Gasteiger partial charge in [0, 0.05) is 6.54 Å². The molecular weight excluding hydrogens is 150 g/mol. The fraction of sp³-hybridized carbons (Fsp3) is 1.00. The van der Waals surface area contributed by atoms with Crippen LogP contribution in [0.4, 0.5) is 0 Å². The van der Waals surface area contributed by atoms with Crippen LogP contribution < -0.4 is 5.73 Å². The van der Waals surface area contributed by atoms with E-state index in [1.165, 1.54) is 32.1 Å². The zero-order valence-corrected chi connectivity index (χ0v) is 8.26. The minimum Gasteiger partial charge on any atom is -0.392 e. The first-order chi connectivity index (χ1) is 5.81. The predicted octanol–water partition coefficient (Wildman–Crippen LogP) is 2.06. The third kappa shape index (κ3) is 8.02. The van der Waals surface area contributed by atoms with Gasteiger partial charge in [0.25, 0.3) is 0 Å². The largest absolute Gasteiger partial charge is 0.392 e. The molecule has 0 rings (SSSR count). The summed E-state index contributed by atoms with van der Waals surface area (Å²) in [5.41, 5.74) is 5.28. The summed E-state index contributed by atoms with van der Waals surface area (Å²) in [4.78, 5) is 0. The Morgan fingerprint density at radius 1 is 1.08 bits per heavy atom. The number of aliphatic hydroxyl groups excluding tert-OH is 1. The molecular formula is C10H23NO. The quantitative estimate of drug-likeness (QED) is 0.552. The van der Waals surface area contributed by atoms with E-state index in [0.29, 0.717) is 6.54 Å². The number of hydrogen-bond donors (Lipinski definition) is 2. The SMILES string of the molecule is CCCCCCCC[C@@H](O)CN. The molecule has 0 spiro atoms. The van der Waals surface area contributed by atoms with E-state index in [-0.39, 0.29) is 6.10 Å². The van der Waals surface area contributed by atoms with Crippen molar-refractivity contribution < 1.29 is 5.11 Å². The molecule has 0 aromatic carbocycles. The summed E-state index contributed by atoms with van der Waals surface area (Å²) in [5.74, 6) is 0. The maximum absolute atomic E-state index is 9.14. The molecule has 2 nitrogen and oxygen atoms in total. The summed E-state index contributed by atoms with van der Waals surface area (Å²) >= 11 is 0. The highest BCUT2D eigenvalue weighted by Crippen LogP contribution is 2.07. The summed E-state index contributed by atoms with van der Waals surface area (Å²) in [7, 11) is 0. The van der Waals surface area contributed by atoms with Crippen molar-refractivity contribution in [2.75, 3.05) is 6.54 Å². The van der Waals surface area contributed by atoms with E-state index in [4.69, 9.17) is 10.8 Å². The van der Waals surface area contributed by atoms with Crippen molar-refractivity contribution in [1.82, 2.24) is 0 Å². The number of aliphatic hydroxyl groups is 1. The lowest BCUT2D eigenvalue weighted by atomic mass is 10.1. The summed E-state index contributed by atoms with van der Waals surface area (Å²) in [6.07, 6.45) is 8.28. The molecule has 0 aliphatic carbocycles. The predicted molar refractivity (Wildman–Crippen MR) is 53.1 cm³/mol. The van der Waals surface area contributed by atoms with E-state index >= 15 is 0 Å². The fourth-order valence-electron chi connectivity index (χ4n) is 1.28. The molecule has 3 N–H and O–H groups in total. The molecule has 0 aliphatic heterocycles. The first-order valence-electron chi connectivity index (χ1n) is 5.19. The van der Waals surface area contributed by atoms with Crippen molar-refractivity contribution in [3.05, 3.63) is 0 Å². The molecule has 0 saturated heterocycles. The molecule has 0 heterocycles. The van der Waals surface area contributed by atoms with Crippen LogP contribution >= 0.6 is 0 Å². The second-order valence-electron chi connectivity index (χ2n) is 3.45. The molecule has 0 amide bonds. The van der Waals surface area contributed by atoms with Gasteiger partial charge in [0.2, 0.25) is 0 Å². The second-order valence-corrected chi connectivity index (χ2v) is 3.45. The van der Waals surface area contributed by atoms with Crippen LogP contribution in [0.2, 0.25) is 0 Å². The molecule has 0 aromatic rings. The molecule has 0 fully saturated rings. The molecule has 0 unspecified atom stereocenters. The van der Waals surface area contributed by atoms with Crippen molar-refractivity contribution in [3.63, 3.8) is 0 Å². The summed E-state index contributed by atoms with van der Waals surface area (Å²) < 4.78 is 0. The Balaban J connectivity index is 2.90. The van der Waals surface area contributed by atoms with Crippen LogP contribution in [-0.4, -0.2) is 17.8 Å². The van der Waals surface area contributed by atoms with E-state index in [2.05, 4.69) is 6.92 Å². The van der Waals surface area contributed by atoms with E-state index in [1.807, 2.05) is 0 Å². The Bertz CT molecular complexity index is 85.9. The Kier molecular flexibility index (Phi) is 8.95. The van der Waals surface area contributed by atoms with Crippen LogP contribution in [0, 0.1) is 0 Å². The number of unbranched alkanes of at least 4 members (excludes halogenated alkanes) is 5. The number of hydrogen-bond acceptors (Lipinski definition) is 2. The van der Waals surface area contributed by atoms with Crippen LogP contribution in [0.1, 0.15) is 51.9 Å². The molecule has 0 bridgehead atoms. The first-order valence-corrected chi connectivity index (χ1v) is 5.19. The van der Waals surface area contributed by atoms with Crippen molar-refractivity contribution in [3.8, 4) is 0 Å². The van der Waals surface area contributed by atoms with Crippen molar-refractivity contribution in [1.29, 1.82) is 0 Å². The van der Waals surface area contributed by atoms with Gasteiger partial charge in [-0.1, -0.05) is 45.4 Å². The molecule has 12 heavy (non-hydrogen) atoms. The molecule has 74 valence electrons. The zero-order valence-electron chi connectivity index (χ0n) is 8.26. The molecule has 0 aromatic heterocycles. The molecule has 1 atom stereocenters. The zero-order chi connectivity index (χ0) is 9.23. The maximum Gasteiger partial charge on any atom is 0.0662 e. The highest BCUT2D eigenvalue weighted by Gasteiger charge is 1.99. The summed E-state index contributed by atoms with van der Waals surface area (Å²) in [6.45, 7) is 2.63. The van der Waals surface area contributed by atoms with E-state index in [0.717, 1.165) is 12.8 Å². The van der Waals surface area contributed by atoms with Crippen LogP contribution in [0.3, 0.4) is 0 Å². The topological polar surface area (TPSA) is 46.2 Å². The minimum atomic E-state index is -0.267. The standard InChI is InChI=1S/C10H23NO/c1-2-3-4-5-6-7-8-10(12)9-11/h10,12H,2-9,11H2,1H3/t10-/m1/s1. The van der Waals surface area contributed by atoms with Gasteiger partial charge in [-0.2, -0.15) is 0 Å². The number of nitrogens with two attached hydrogens (primary N) is 1. The summed E-state index contributed by atoms with van der Waals surface area (Å²) in [6, 6.07) is 0. The lowest BCUT2D eigenvalue weighted by Crippen LogP contribution is -2.19. The first kappa shape index (κ1) is 11.9. The van der Waals surface area contributed by atoms with Gasteiger partial charge in [0.15, 0.2) is 0 Å². The Morgan fingerprint density at radius 2 is 1.67 bits per heavy atom. The van der Waals surface area contributed by atoms with Crippen LogP contribution in [0.5, 0.6) is 0 Å². The van der Waals surface area contributed by atoms with Crippen LogP contribution in [-0.2, 0) is 0 Å². The van der Waals surface area contributed by atoms with Gasteiger partial charge in [0.05, 0.1) is 6.10 Å². The van der Waals surface area contributed by atoms with Gasteiger partial charge >= 0.3 is 0 Å². The minimum absolute atomic E-state index is 0.267. The highest BCUT2D eigenvalue weighted by atomic mass is 16.3. The van der Waals surface area contributed by atoms with E-state index < -0.39 is 0 Å². The molecule has 0 saturated carbocycles. The molecule has 0 aliphatic rings. The van der Waals surface area contributed by atoms with E-state index in [1.54, 1.807) is 0 Å². The maximum atomic E-state index is 9.14. The van der Waals surface area contributed by atoms with Gasteiger partial charge in [-0.25, -0.2) is 0 Å². The van der Waals surface area contributed by atoms with E-state index in [9.17, 15) is 0 Å². The molecule has 2 heteroatoms. The van der Waals surface area contributed by atoms with Crippen LogP contribution in [0.25, 0.3) is 0 Å². The lowest BCUT2D eigenvalue weighted by molar-refractivity contribution is 0.168. The lowest BCUT2D eigenvalue weighted by Gasteiger charge is -2.06.